The summed E-state index contributed by atoms with van der Waals surface area (Å²) >= 11 is 0. The Balaban J connectivity index is 2.44. The predicted molar refractivity (Wildman–Crippen MR) is 75.5 cm³/mol. The van der Waals surface area contributed by atoms with Crippen LogP contribution in [0.1, 0.15) is 31.9 Å². The molecule has 0 saturated heterocycles. The molecule has 0 spiro atoms. The second-order valence-corrected chi connectivity index (χ2v) is 4.73. The van der Waals surface area contributed by atoms with Gasteiger partial charge in [-0.25, -0.2) is 0 Å². The molecule has 0 aromatic heterocycles. The van der Waals surface area contributed by atoms with Crippen LogP contribution in [0.25, 0.3) is 0 Å². The van der Waals surface area contributed by atoms with Crippen LogP contribution in [0.2, 0.25) is 0 Å². The molecule has 0 bridgehead atoms. The molecule has 0 saturated carbocycles. The van der Waals surface area contributed by atoms with Crippen LogP contribution in [0.3, 0.4) is 0 Å². The van der Waals surface area contributed by atoms with E-state index in [2.05, 4.69) is 17.0 Å². The molecular weight excluding hydrogens is 283 g/mol. The lowest BCUT2D eigenvalue weighted by Crippen LogP contribution is -2.21. The number of para-hydroxylation sites is 1. The Morgan fingerprint density at radius 1 is 1.19 bits per heavy atom. The van der Waals surface area contributed by atoms with Crippen molar-refractivity contribution in [3.63, 3.8) is 0 Å². The topological polar surface area (TPSA) is 30.5 Å². The summed E-state index contributed by atoms with van der Waals surface area (Å²) in [5.74, 6) is 0.671. The van der Waals surface area contributed by atoms with E-state index in [0.29, 0.717) is 5.75 Å². The second-order valence-electron chi connectivity index (χ2n) is 4.73. The Kier molecular flexibility index (Phi) is 7.53. The maximum atomic E-state index is 11.9. The molecule has 0 aliphatic carbocycles. The van der Waals surface area contributed by atoms with Crippen molar-refractivity contribution >= 4 is 0 Å². The summed E-state index contributed by atoms with van der Waals surface area (Å²) in [4.78, 5) is 0. The Morgan fingerprint density at radius 2 is 1.90 bits per heavy atom. The highest BCUT2D eigenvalue weighted by atomic mass is 19.4. The fraction of sp³-hybridized carbons (Fsp3) is 0.600. The van der Waals surface area contributed by atoms with Crippen LogP contribution in [0.5, 0.6) is 5.75 Å². The fourth-order valence-electron chi connectivity index (χ4n) is 1.84. The van der Waals surface area contributed by atoms with E-state index in [-0.39, 0.29) is 19.3 Å². The summed E-state index contributed by atoms with van der Waals surface area (Å²) in [7, 11) is 0. The average Bonchev–Trinajstić information content (AvgIpc) is 2.43. The van der Waals surface area contributed by atoms with E-state index in [9.17, 15) is 13.2 Å². The van der Waals surface area contributed by atoms with Crippen molar-refractivity contribution in [2.45, 2.75) is 32.5 Å². The SMILES string of the molecule is CCCNC(C)c1ccccc1OCCOCC(F)(F)F. The predicted octanol–water partition coefficient (Wildman–Crippen LogP) is 3.70. The van der Waals surface area contributed by atoms with Gasteiger partial charge >= 0.3 is 6.18 Å². The van der Waals surface area contributed by atoms with Gasteiger partial charge in [-0.3, -0.25) is 0 Å². The minimum atomic E-state index is -4.30. The van der Waals surface area contributed by atoms with Gasteiger partial charge in [0, 0.05) is 11.6 Å². The summed E-state index contributed by atoms with van der Waals surface area (Å²) in [6.45, 7) is 3.76. The van der Waals surface area contributed by atoms with E-state index in [0.717, 1.165) is 18.5 Å². The molecule has 3 nitrogen and oxygen atoms in total. The molecular formula is C15H22F3NO2. The molecule has 1 atom stereocenters. The molecule has 0 fully saturated rings. The van der Waals surface area contributed by atoms with Gasteiger partial charge in [-0.15, -0.1) is 0 Å². The highest BCUT2D eigenvalue weighted by Crippen LogP contribution is 2.24. The number of hydrogen-bond donors (Lipinski definition) is 1. The van der Waals surface area contributed by atoms with Gasteiger partial charge in [-0.1, -0.05) is 25.1 Å². The van der Waals surface area contributed by atoms with Gasteiger partial charge in [0.1, 0.15) is 19.0 Å². The molecule has 0 heterocycles. The lowest BCUT2D eigenvalue weighted by molar-refractivity contribution is -0.175. The van der Waals surface area contributed by atoms with Crippen LogP contribution in [-0.4, -0.2) is 32.5 Å². The zero-order valence-corrected chi connectivity index (χ0v) is 12.4. The largest absolute Gasteiger partial charge is 0.491 e. The normalized spacial score (nSPS) is 13.2. The zero-order chi connectivity index (χ0) is 15.7. The van der Waals surface area contributed by atoms with Crippen LogP contribution in [0.4, 0.5) is 13.2 Å². The Morgan fingerprint density at radius 3 is 2.57 bits per heavy atom. The number of ether oxygens (including phenoxy) is 2. The van der Waals surface area contributed by atoms with Gasteiger partial charge in [0.2, 0.25) is 0 Å². The van der Waals surface area contributed by atoms with Gasteiger partial charge in [-0.2, -0.15) is 13.2 Å². The first kappa shape index (κ1) is 17.8. The molecule has 0 amide bonds. The third-order valence-corrected chi connectivity index (χ3v) is 2.84. The summed E-state index contributed by atoms with van der Waals surface area (Å²) in [5, 5.41) is 3.35. The first-order valence-electron chi connectivity index (χ1n) is 7.03. The molecule has 1 aromatic carbocycles. The molecule has 1 aromatic rings. The standard InChI is InChI=1S/C15H22F3NO2/c1-3-8-19-12(2)13-6-4-5-7-14(13)21-10-9-20-11-15(16,17)18/h4-7,12,19H,3,8-11H2,1-2H3. The Bertz CT molecular complexity index is 410. The summed E-state index contributed by atoms with van der Waals surface area (Å²) in [6, 6.07) is 7.62. The quantitative estimate of drug-likeness (QED) is 0.706. The average molecular weight is 305 g/mol. The van der Waals surface area contributed by atoms with Crippen molar-refractivity contribution in [2.24, 2.45) is 0 Å². The lowest BCUT2D eigenvalue weighted by atomic mass is 10.1. The third-order valence-electron chi connectivity index (χ3n) is 2.84. The fourth-order valence-corrected chi connectivity index (χ4v) is 1.84. The van der Waals surface area contributed by atoms with E-state index in [4.69, 9.17) is 4.74 Å². The molecule has 120 valence electrons. The molecule has 21 heavy (non-hydrogen) atoms. The Hall–Kier alpha value is -1.27. The van der Waals surface area contributed by atoms with Gasteiger partial charge in [0.15, 0.2) is 0 Å². The van der Waals surface area contributed by atoms with Crippen molar-refractivity contribution < 1.29 is 22.6 Å². The van der Waals surface area contributed by atoms with Crippen LogP contribution in [0.15, 0.2) is 24.3 Å². The van der Waals surface area contributed by atoms with Crippen molar-refractivity contribution in [3.8, 4) is 5.75 Å². The van der Waals surface area contributed by atoms with Crippen LogP contribution < -0.4 is 10.1 Å². The van der Waals surface area contributed by atoms with E-state index < -0.39 is 12.8 Å². The van der Waals surface area contributed by atoms with Crippen molar-refractivity contribution in [1.29, 1.82) is 0 Å². The van der Waals surface area contributed by atoms with Gasteiger partial charge in [0.25, 0.3) is 0 Å². The smallest absolute Gasteiger partial charge is 0.411 e. The van der Waals surface area contributed by atoms with Crippen LogP contribution >= 0.6 is 0 Å². The number of nitrogens with one attached hydrogen (secondary N) is 1. The number of hydrogen-bond acceptors (Lipinski definition) is 3. The molecule has 0 aliphatic heterocycles. The summed E-state index contributed by atoms with van der Waals surface area (Å²) < 4.78 is 45.8. The lowest BCUT2D eigenvalue weighted by Gasteiger charge is -2.18. The minimum absolute atomic E-state index is 0.0909. The summed E-state index contributed by atoms with van der Waals surface area (Å²) in [6.07, 6.45) is -3.27. The highest BCUT2D eigenvalue weighted by Gasteiger charge is 2.27. The Labute approximate surface area is 123 Å². The van der Waals surface area contributed by atoms with Crippen LogP contribution in [0, 0.1) is 0 Å². The van der Waals surface area contributed by atoms with E-state index >= 15 is 0 Å². The second kappa shape index (κ2) is 8.89. The van der Waals surface area contributed by atoms with Crippen LogP contribution in [-0.2, 0) is 4.74 Å². The van der Waals surface area contributed by atoms with Gasteiger partial charge in [0.05, 0.1) is 6.61 Å². The molecule has 1 rings (SSSR count). The van der Waals surface area contributed by atoms with E-state index in [1.54, 1.807) is 0 Å². The molecule has 1 N–H and O–H groups in total. The van der Waals surface area contributed by atoms with E-state index in [1.165, 1.54) is 0 Å². The number of rotatable bonds is 9. The number of benzene rings is 1. The van der Waals surface area contributed by atoms with Gasteiger partial charge < -0.3 is 14.8 Å². The molecule has 0 radical (unpaired) electrons. The summed E-state index contributed by atoms with van der Waals surface area (Å²) in [5.41, 5.74) is 0.988. The van der Waals surface area contributed by atoms with E-state index in [1.807, 2.05) is 31.2 Å². The first-order chi connectivity index (χ1) is 9.94. The molecule has 1 unspecified atom stereocenters. The van der Waals surface area contributed by atoms with Crippen molar-refractivity contribution in [2.75, 3.05) is 26.4 Å². The molecule has 0 aliphatic rings. The van der Waals surface area contributed by atoms with Crippen molar-refractivity contribution in [1.82, 2.24) is 5.32 Å². The van der Waals surface area contributed by atoms with Gasteiger partial charge in [-0.05, 0) is 26.0 Å². The molecule has 6 heteroatoms. The maximum Gasteiger partial charge on any atom is 0.411 e. The zero-order valence-electron chi connectivity index (χ0n) is 12.4. The highest BCUT2D eigenvalue weighted by molar-refractivity contribution is 5.35. The first-order valence-corrected chi connectivity index (χ1v) is 7.03. The number of alkyl halides is 3. The minimum Gasteiger partial charge on any atom is -0.491 e. The van der Waals surface area contributed by atoms with Crippen molar-refractivity contribution in [3.05, 3.63) is 29.8 Å². The monoisotopic (exact) mass is 305 g/mol. The maximum absolute atomic E-state index is 11.9. The number of halogens is 3. The third kappa shape index (κ3) is 7.34.